The van der Waals surface area contributed by atoms with E-state index >= 15 is 0 Å². The zero-order chi connectivity index (χ0) is 21.3. The van der Waals surface area contributed by atoms with Crippen LogP contribution in [0.25, 0.3) is 0 Å². The van der Waals surface area contributed by atoms with E-state index < -0.39 is 26.1 Å². The van der Waals surface area contributed by atoms with Gasteiger partial charge in [0.25, 0.3) is 0 Å². The van der Waals surface area contributed by atoms with Gasteiger partial charge >= 0.3 is 45.0 Å². The molecule has 0 atom stereocenters. The van der Waals surface area contributed by atoms with Crippen molar-refractivity contribution >= 4 is 14.0 Å². The molecule has 1 nitrogen and oxygen atoms in total. The van der Waals surface area contributed by atoms with E-state index in [1.54, 1.807) is 0 Å². The van der Waals surface area contributed by atoms with E-state index in [1.165, 1.54) is 30.7 Å². The van der Waals surface area contributed by atoms with Crippen molar-refractivity contribution in [3.63, 3.8) is 0 Å². The van der Waals surface area contributed by atoms with Crippen LogP contribution in [0.3, 0.4) is 0 Å². The monoisotopic (exact) mass is 411 g/mol. The predicted octanol–water partition coefficient (Wildman–Crippen LogP) is 2.76. The third kappa shape index (κ3) is 14.0. The Labute approximate surface area is 156 Å². The first-order valence-corrected chi connectivity index (χ1v) is 7.11. The Kier molecular flexibility index (Phi) is 15.9. The Morgan fingerprint density at radius 2 is 0.654 bits per heavy atom. The van der Waals surface area contributed by atoms with Gasteiger partial charge in [-0.3, -0.25) is 0 Å². The summed E-state index contributed by atoms with van der Waals surface area (Å²) in [5, 5.41) is 0. The van der Waals surface area contributed by atoms with Gasteiger partial charge in [-0.25, -0.2) is 26.3 Å². The molecule has 0 unspecified atom stereocenters. The molecule has 0 fully saturated rings. The van der Waals surface area contributed by atoms with Crippen LogP contribution in [-0.2, 0) is 0 Å². The van der Waals surface area contributed by atoms with Crippen LogP contribution in [-0.4, -0.2) is 56.8 Å². The van der Waals surface area contributed by atoms with Crippen molar-refractivity contribution in [3.05, 3.63) is 0 Å². The van der Waals surface area contributed by atoms with Crippen LogP contribution in [0.1, 0.15) is 27.7 Å². The van der Waals surface area contributed by atoms with E-state index in [0.29, 0.717) is 0 Å². The van der Waals surface area contributed by atoms with Crippen LogP contribution in [0.2, 0.25) is 0 Å². The van der Waals surface area contributed by atoms with E-state index in [2.05, 4.69) is 27.7 Å². The summed E-state index contributed by atoms with van der Waals surface area (Å²) in [6, 6.07) is 0. The largest absolute Gasteiger partial charge is 1.00 e. The summed E-state index contributed by atoms with van der Waals surface area (Å²) in [4.78, 5) is 0. The maximum absolute atomic E-state index is 10.5. The van der Waals surface area contributed by atoms with Crippen molar-refractivity contribution in [2.45, 2.75) is 39.8 Å². The zero-order valence-corrected chi connectivity index (χ0v) is 15.0. The Morgan fingerprint density at radius 1 is 0.538 bits per heavy atom. The molecule has 0 N–H and O–H groups in total. The van der Waals surface area contributed by atoms with Gasteiger partial charge in [0.05, 0.1) is 26.2 Å². The fourth-order valence-electron chi connectivity index (χ4n) is 1.34. The first-order chi connectivity index (χ1) is 10.7. The molecule has 0 aliphatic rings. The molecule has 0 amide bonds. The maximum Gasteiger partial charge on any atom is 1.00 e. The molecule has 0 heterocycles. The van der Waals surface area contributed by atoms with E-state index in [-0.39, 0.29) is 18.9 Å². The van der Waals surface area contributed by atoms with Crippen LogP contribution in [0.5, 0.6) is 0 Å². The van der Waals surface area contributed by atoms with Crippen molar-refractivity contribution in [2.24, 2.45) is 0 Å². The van der Waals surface area contributed by atoms with Gasteiger partial charge in [0.15, 0.2) is 0 Å². The third-order valence-electron chi connectivity index (χ3n) is 3.43. The van der Waals surface area contributed by atoms with Crippen molar-refractivity contribution in [1.29, 1.82) is 0 Å². The number of rotatable bonds is 4. The molecule has 0 bridgehead atoms. The standard InChI is InChI=1S/C8H20N.2CBF6.Li/c1-5-9(6-2,7-3)8-4;2*3-1(4,5)2(6,7)8;/h5-8H2,1-4H3;;;/q+1;2*-1;+1. The molecule has 0 aromatic rings. The molecule has 0 saturated heterocycles. The predicted molar refractivity (Wildman–Crippen MR) is 72.7 cm³/mol. The van der Waals surface area contributed by atoms with Crippen LogP contribution in [0, 0.1) is 0 Å². The first kappa shape index (κ1) is 33.4. The van der Waals surface area contributed by atoms with Gasteiger partial charge in [-0.2, -0.15) is 0 Å². The van der Waals surface area contributed by atoms with Gasteiger partial charge in [0.1, 0.15) is 0 Å². The van der Waals surface area contributed by atoms with E-state index in [0.717, 1.165) is 0 Å². The molecule has 0 saturated carbocycles. The average Bonchev–Trinajstić information content (AvgIpc) is 2.39. The molecule has 0 aromatic heterocycles. The molecule has 26 heavy (non-hydrogen) atoms. The molecule has 0 spiro atoms. The second kappa shape index (κ2) is 12.3. The third-order valence-corrected chi connectivity index (χ3v) is 3.43. The van der Waals surface area contributed by atoms with Crippen molar-refractivity contribution in [2.75, 3.05) is 26.2 Å². The van der Waals surface area contributed by atoms with Crippen LogP contribution in [0.15, 0.2) is 0 Å². The van der Waals surface area contributed by atoms with Crippen LogP contribution in [0.4, 0.5) is 52.2 Å². The fraction of sp³-hybridized carbons (Fsp3) is 1.00. The minimum Gasteiger partial charge on any atom is -0.443 e. The van der Waals surface area contributed by atoms with E-state index in [9.17, 15) is 52.2 Å². The molecule has 0 rings (SSSR count). The molecular weight excluding hydrogens is 391 g/mol. The number of quaternary nitrogens is 1. The van der Waals surface area contributed by atoms with Crippen LogP contribution < -0.4 is 18.9 Å². The molecule has 0 radical (unpaired) electrons. The summed E-state index contributed by atoms with van der Waals surface area (Å²) in [6.07, 6.45) is -12.0. The van der Waals surface area contributed by atoms with Gasteiger partial charge in [0, 0.05) is 0 Å². The molecule has 0 aliphatic heterocycles. The number of hydrogen-bond acceptors (Lipinski definition) is 0. The number of halogens is 12. The summed E-state index contributed by atoms with van der Waals surface area (Å²) in [7, 11) is 0. The first-order valence-electron chi connectivity index (χ1n) is 7.11. The Morgan fingerprint density at radius 3 is 0.654 bits per heavy atom. The summed E-state index contributed by atoms with van der Waals surface area (Å²) in [5.74, 6) is 0. The minimum absolute atomic E-state index is 0. The second-order valence-corrected chi connectivity index (χ2v) is 4.84. The quantitative estimate of drug-likeness (QED) is 0.380. The molecule has 0 aromatic carbocycles. The topological polar surface area (TPSA) is 0 Å². The van der Waals surface area contributed by atoms with Crippen molar-refractivity contribution in [1.82, 2.24) is 0 Å². The average molecular weight is 411 g/mol. The van der Waals surface area contributed by atoms with Gasteiger partial charge in [-0.1, -0.05) is 0 Å². The molecule has 156 valence electrons. The summed E-state index contributed by atoms with van der Waals surface area (Å²) < 4.78 is 127. The molecule has 0 aliphatic carbocycles. The number of hydrogen-bond donors (Lipinski definition) is 0. The summed E-state index contributed by atoms with van der Waals surface area (Å²) in [6.45, 7) is 0.931. The Balaban J connectivity index is -0.000000137. The normalized spacial score (nSPS) is 12.9. The minimum atomic E-state index is -6.65. The Hall–Kier alpha value is -0.153. The maximum atomic E-state index is 10.5. The van der Waals surface area contributed by atoms with E-state index in [4.69, 9.17) is 0 Å². The van der Waals surface area contributed by atoms with Crippen molar-refractivity contribution < 1.29 is 75.6 Å². The summed E-state index contributed by atoms with van der Waals surface area (Å²) in [5.41, 5.74) is 0. The molecular formula is C10H20B2F12LiN. The zero-order valence-electron chi connectivity index (χ0n) is 15.0. The van der Waals surface area contributed by atoms with Gasteiger partial charge in [-0.15, -0.1) is 0 Å². The van der Waals surface area contributed by atoms with Gasteiger partial charge < -0.3 is 30.4 Å². The number of nitrogens with zero attached hydrogens (tertiary/aromatic N) is 1. The van der Waals surface area contributed by atoms with Gasteiger partial charge in [0.2, 0.25) is 0 Å². The smallest absolute Gasteiger partial charge is 0.443 e. The summed E-state index contributed by atoms with van der Waals surface area (Å²) >= 11 is 0. The SMILES string of the molecule is CC[N+](CC)(CC)CC.F[B-](F)(F)C(F)(F)F.F[B-](F)(F)C(F)(F)F.[Li+]. The molecule has 16 heteroatoms. The van der Waals surface area contributed by atoms with E-state index in [1.807, 2.05) is 0 Å². The fourth-order valence-corrected chi connectivity index (χ4v) is 1.34. The Bertz CT molecular complexity index is 280. The number of alkyl halides is 6. The van der Waals surface area contributed by atoms with Crippen molar-refractivity contribution in [3.8, 4) is 0 Å². The van der Waals surface area contributed by atoms with Gasteiger partial charge in [-0.05, 0) is 27.7 Å². The second-order valence-electron chi connectivity index (χ2n) is 4.84. The van der Waals surface area contributed by atoms with Crippen LogP contribution >= 0.6 is 0 Å².